The fourth-order valence-electron chi connectivity index (χ4n) is 3.32. The van der Waals surface area contributed by atoms with E-state index >= 15 is 0 Å². The smallest absolute Gasteiger partial charge is 0.326 e. The van der Waals surface area contributed by atoms with Crippen LogP contribution in [0.1, 0.15) is 42.1 Å². The number of amides is 1. The maximum atomic E-state index is 12.6. The van der Waals surface area contributed by atoms with Crippen molar-refractivity contribution in [3.63, 3.8) is 0 Å². The predicted octanol–water partition coefficient (Wildman–Crippen LogP) is 3.68. The molecule has 0 radical (unpaired) electrons. The molecule has 2 aromatic rings. The molecule has 6 nitrogen and oxygen atoms in total. The van der Waals surface area contributed by atoms with Gasteiger partial charge in [0.25, 0.3) is 0 Å². The van der Waals surface area contributed by atoms with E-state index in [1.165, 1.54) is 0 Å². The average molecular weight is 422 g/mol. The van der Waals surface area contributed by atoms with Crippen LogP contribution in [0.25, 0.3) is 0 Å². The van der Waals surface area contributed by atoms with Gasteiger partial charge in [-0.25, -0.2) is 4.79 Å². The molecule has 0 aromatic heterocycles. The molecule has 0 bridgehead atoms. The van der Waals surface area contributed by atoms with Gasteiger partial charge in [0.1, 0.15) is 6.04 Å². The molecule has 0 saturated carbocycles. The highest BCUT2D eigenvalue weighted by atomic mass is 35.5. The summed E-state index contributed by atoms with van der Waals surface area (Å²) in [6, 6.07) is 9.26. The van der Waals surface area contributed by atoms with Crippen LogP contribution in [0.5, 0.6) is 0 Å². The monoisotopic (exact) mass is 421 g/mol. The number of carbonyl (C=O) groups excluding carboxylic acids is 1. The van der Waals surface area contributed by atoms with Crippen molar-refractivity contribution in [2.75, 3.05) is 5.32 Å². The lowest BCUT2D eigenvalue weighted by molar-refractivity contribution is -0.138. The number of carboxylic acids is 1. The summed E-state index contributed by atoms with van der Waals surface area (Å²) in [5.41, 5.74) is 8.83. The number of carbonyl (C=O) groups is 2. The van der Waals surface area contributed by atoms with Gasteiger partial charge in [-0.3, -0.25) is 4.79 Å². The number of hydrogen-bond donors (Lipinski definition) is 4. The summed E-state index contributed by atoms with van der Waals surface area (Å²) in [6.07, 6.45) is 0.348. The lowest BCUT2D eigenvalue weighted by Crippen LogP contribution is -2.41. The van der Waals surface area contributed by atoms with E-state index in [2.05, 4.69) is 10.6 Å². The van der Waals surface area contributed by atoms with Gasteiger partial charge in [-0.2, -0.15) is 0 Å². The summed E-state index contributed by atoms with van der Waals surface area (Å²) in [5.74, 6) is -1.23. The molecule has 1 aliphatic heterocycles. The Bertz CT molecular complexity index is 900. The zero-order valence-corrected chi connectivity index (χ0v) is 16.7. The summed E-state index contributed by atoms with van der Waals surface area (Å²) < 4.78 is 0. The molecule has 1 aliphatic rings. The zero-order chi connectivity index (χ0) is 20.4. The number of aliphatic carboxylic acids is 1. The van der Waals surface area contributed by atoms with Crippen LogP contribution in [-0.2, 0) is 16.0 Å². The molecule has 0 saturated heterocycles. The van der Waals surface area contributed by atoms with E-state index in [0.717, 1.165) is 11.1 Å². The lowest BCUT2D eigenvalue weighted by Gasteiger charge is -2.32. The molecule has 0 fully saturated rings. The van der Waals surface area contributed by atoms with Gasteiger partial charge >= 0.3 is 5.97 Å². The number of anilines is 1. The molecule has 1 amide bonds. The van der Waals surface area contributed by atoms with Gasteiger partial charge in [0.2, 0.25) is 5.91 Å². The summed E-state index contributed by atoms with van der Waals surface area (Å²) in [4.78, 5) is 24.1. The van der Waals surface area contributed by atoms with E-state index < -0.39 is 18.1 Å². The van der Waals surface area contributed by atoms with E-state index in [1.54, 1.807) is 12.1 Å². The van der Waals surface area contributed by atoms with E-state index in [-0.39, 0.29) is 24.8 Å². The number of nitrogens with one attached hydrogen (secondary N) is 2. The zero-order valence-electron chi connectivity index (χ0n) is 15.2. The second-order valence-electron chi connectivity index (χ2n) is 6.95. The molecule has 0 spiro atoms. The second-order valence-corrected chi connectivity index (χ2v) is 7.79. The third kappa shape index (κ3) is 4.58. The SMILES string of the molecule is CC(N)c1ccc(CC(=O)N[C@H]2C[C@H](C(=O)O)Nc3cc(Cl)cc(Cl)c32)cc1. The summed E-state index contributed by atoms with van der Waals surface area (Å²) in [7, 11) is 0. The van der Waals surface area contributed by atoms with Gasteiger partial charge in [0.15, 0.2) is 0 Å². The number of carboxylic acid groups (broad SMARTS) is 1. The molecular weight excluding hydrogens is 401 g/mol. The number of hydrogen-bond acceptors (Lipinski definition) is 4. The van der Waals surface area contributed by atoms with E-state index in [1.807, 2.05) is 31.2 Å². The average Bonchev–Trinajstić information content (AvgIpc) is 2.61. The minimum atomic E-state index is -1.01. The van der Waals surface area contributed by atoms with Crippen LogP contribution in [0.2, 0.25) is 10.0 Å². The molecular formula is C20H21Cl2N3O3. The van der Waals surface area contributed by atoms with E-state index in [9.17, 15) is 14.7 Å². The first kappa shape index (κ1) is 20.5. The highest BCUT2D eigenvalue weighted by molar-refractivity contribution is 6.35. The summed E-state index contributed by atoms with van der Waals surface area (Å²) in [5, 5.41) is 16.0. The Kier molecular flexibility index (Phi) is 6.13. The molecule has 2 aromatic carbocycles. The Morgan fingerprint density at radius 1 is 1.29 bits per heavy atom. The van der Waals surface area contributed by atoms with Crippen molar-refractivity contribution in [1.29, 1.82) is 0 Å². The largest absolute Gasteiger partial charge is 0.480 e. The molecule has 148 valence electrons. The molecule has 28 heavy (non-hydrogen) atoms. The van der Waals surface area contributed by atoms with Crippen molar-refractivity contribution < 1.29 is 14.7 Å². The first-order valence-electron chi connectivity index (χ1n) is 8.86. The summed E-state index contributed by atoms with van der Waals surface area (Å²) in [6.45, 7) is 1.89. The van der Waals surface area contributed by atoms with Gasteiger partial charge in [-0.1, -0.05) is 47.5 Å². The second kappa shape index (κ2) is 8.39. The van der Waals surface area contributed by atoms with Gasteiger partial charge in [0, 0.05) is 33.8 Å². The number of fused-ring (bicyclic) bond motifs is 1. The van der Waals surface area contributed by atoms with Crippen LogP contribution < -0.4 is 16.4 Å². The van der Waals surface area contributed by atoms with Crippen LogP contribution in [0.15, 0.2) is 36.4 Å². The third-order valence-corrected chi connectivity index (χ3v) is 5.28. The van der Waals surface area contributed by atoms with Crippen molar-refractivity contribution in [3.05, 3.63) is 63.1 Å². The van der Waals surface area contributed by atoms with E-state index in [4.69, 9.17) is 28.9 Å². The maximum absolute atomic E-state index is 12.6. The lowest BCUT2D eigenvalue weighted by atomic mass is 9.92. The number of rotatable bonds is 5. The highest BCUT2D eigenvalue weighted by Gasteiger charge is 2.33. The quantitative estimate of drug-likeness (QED) is 0.589. The van der Waals surface area contributed by atoms with Crippen molar-refractivity contribution in [1.82, 2.24) is 5.32 Å². The topological polar surface area (TPSA) is 104 Å². The Morgan fingerprint density at radius 2 is 1.96 bits per heavy atom. The van der Waals surface area contributed by atoms with Gasteiger partial charge in [-0.05, 0) is 30.2 Å². The first-order chi connectivity index (χ1) is 13.2. The standard InChI is InChI=1S/C20H21Cl2N3O3/c1-10(23)12-4-2-11(3-5-12)6-18(26)25-16-9-17(20(27)28)24-15-8-13(21)7-14(22)19(15)16/h2-5,7-8,10,16-17,24H,6,9,23H2,1H3,(H,25,26)(H,27,28)/t10?,16-,17+/m0/s1. The number of nitrogens with two attached hydrogens (primary N) is 1. The maximum Gasteiger partial charge on any atom is 0.326 e. The molecule has 3 atom stereocenters. The van der Waals surface area contributed by atoms with Crippen LogP contribution in [-0.4, -0.2) is 23.0 Å². The molecule has 5 N–H and O–H groups in total. The van der Waals surface area contributed by atoms with Crippen LogP contribution in [0, 0.1) is 0 Å². The fourth-order valence-corrected chi connectivity index (χ4v) is 3.95. The Labute approximate surface area is 173 Å². The molecule has 1 heterocycles. The van der Waals surface area contributed by atoms with Crippen molar-refractivity contribution in [3.8, 4) is 0 Å². The van der Waals surface area contributed by atoms with Gasteiger partial charge in [-0.15, -0.1) is 0 Å². The molecule has 0 aliphatic carbocycles. The van der Waals surface area contributed by atoms with Crippen molar-refractivity contribution in [2.24, 2.45) is 5.73 Å². The number of benzene rings is 2. The highest BCUT2D eigenvalue weighted by Crippen LogP contribution is 2.39. The van der Waals surface area contributed by atoms with Gasteiger partial charge in [0.05, 0.1) is 12.5 Å². The Hall–Kier alpha value is -2.28. The van der Waals surface area contributed by atoms with Crippen LogP contribution >= 0.6 is 23.2 Å². The van der Waals surface area contributed by atoms with Crippen molar-refractivity contribution in [2.45, 2.75) is 37.9 Å². The van der Waals surface area contributed by atoms with Crippen LogP contribution in [0.4, 0.5) is 5.69 Å². The molecule has 3 rings (SSSR count). The normalized spacial score (nSPS) is 19.3. The minimum Gasteiger partial charge on any atom is -0.480 e. The fraction of sp³-hybridized carbons (Fsp3) is 0.300. The summed E-state index contributed by atoms with van der Waals surface area (Å²) >= 11 is 12.4. The van der Waals surface area contributed by atoms with E-state index in [0.29, 0.717) is 21.3 Å². The Morgan fingerprint density at radius 3 is 2.57 bits per heavy atom. The molecule has 1 unspecified atom stereocenters. The van der Waals surface area contributed by atoms with Gasteiger partial charge < -0.3 is 21.5 Å². The molecule has 8 heteroatoms. The van der Waals surface area contributed by atoms with Crippen molar-refractivity contribution >= 4 is 40.8 Å². The first-order valence-corrected chi connectivity index (χ1v) is 9.62. The third-order valence-electron chi connectivity index (χ3n) is 4.75. The predicted molar refractivity (Wildman–Crippen MR) is 110 cm³/mol. The minimum absolute atomic E-state index is 0.0731. The number of halogens is 2. The Balaban J connectivity index is 1.78. The van der Waals surface area contributed by atoms with Crippen LogP contribution in [0.3, 0.4) is 0 Å².